The fourth-order valence-corrected chi connectivity index (χ4v) is 5.76. The summed E-state index contributed by atoms with van der Waals surface area (Å²) in [4.78, 5) is 27.7. The van der Waals surface area contributed by atoms with Gasteiger partial charge in [-0.3, -0.25) is 14.5 Å². The monoisotopic (exact) mass is 506 g/mol. The molecule has 5 rings (SSSR count). The van der Waals surface area contributed by atoms with Gasteiger partial charge in [0.2, 0.25) is 15.9 Å². The van der Waals surface area contributed by atoms with Gasteiger partial charge in [0.1, 0.15) is 24.9 Å². The van der Waals surface area contributed by atoms with Gasteiger partial charge in [-0.15, -0.1) is 0 Å². The van der Waals surface area contributed by atoms with Crippen LogP contribution >= 0.6 is 0 Å². The van der Waals surface area contributed by atoms with E-state index in [0.29, 0.717) is 30.9 Å². The van der Waals surface area contributed by atoms with Crippen LogP contribution in [-0.2, 0) is 43.8 Å². The van der Waals surface area contributed by atoms with E-state index in [1.807, 2.05) is 42.5 Å². The molecule has 3 aromatic carbocycles. The lowest BCUT2D eigenvalue weighted by molar-refractivity contribution is -0.144. The molecule has 2 aliphatic rings. The van der Waals surface area contributed by atoms with E-state index in [-0.39, 0.29) is 24.5 Å². The van der Waals surface area contributed by atoms with E-state index < -0.39 is 27.9 Å². The summed E-state index contributed by atoms with van der Waals surface area (Å²) in [5.74, 6) is -0.399. The third-order valence-corrected chi connectivity index (χ3v) is 7.82. The van der Waals surface area contributed by atoms with Crippen LogP contribution in [0.1, 0.15) is 23.1 Å². The number of para-hydroxylation sites is 1. The van der Waals surface area contributed by atoms with E-state index in [2.05, 4.69) is 4.72 Å². The number of carbonyl (C=O) groups excluding carboxylic acids is 2. The molecule has 186 valence electrons. The number of rotatable bonds is 7. The minimum Gasteiger partial charge on any atom is -0.493 e. The minimum absolute atomic E-state index is 0.0788. The van der Waals surface area contributed by atoms with Crippen molar-refractivity contribution in [2.24, 2.45) is 0 Å². The van der Waals surface area contributed by atoms with Crippen molar-refractivity contribution < 1.29 is 27.5 Å². The summed E-state index contributed by atoms with van der Waals surface area (Å²) in [5, 5.41) is 0. The number of anilines is 1. The SMILES string of the molecule is O=C(CN1C(=O)[C@@H](NS(=O)(=O)c2ccc3c(c2)CCO3)CCc2ccccc21)OCc1ccccc1. The molecule has 0 radical (unpaired) electrons. The number of hydrogen-bond donors (Lipinski definition) is 1. The maximum Gasteiger partial charge on any atom is 0.326 e. The van der Waals surface area contributed by atoms with Gasteiger partial charge in [0.25, 0.3) is 0 Å². The Bertz CT molecular complexity index is 1390. The van der Waals surface area contributed by atoms with E-state index in [0.717, 1.165) is 16.7 Å². The highest BCUT2D eigenvalue weighted by molar-refractivity contribution is 7.89. The van der Waals surface area contributed by atoms with E-state index in [1.54, 1.807) is 24.3 Å². The molecule has 2 heterocycles. The van der Waals surface area contributed by atoms with Gasteiger partial charge in [0, 0.05) is 12.1 Å². The second kappa shape index (κ2) is 10.1. The molecule has 3 aromatic rings. The second-order valence-corrected chi connectivity index (χ2v) is 10.5. The minimum atomic E-state index is -3.99. The van der Waals surface area contributed by atoms with Crippen LogP contribution in [0.5, 0.6) is 5.75 Å². The van der Waals surface area contributed by atoms with Crippen molar-refractivity contribution in [2.45, 2.75) is 36.8 Å². The van der Waals surface area contributed by atoms with Crippen molar-refractivity contribution in [3.05, 3.63) is 89.5 Å². The molecule has 9 heteroatoms. The Morgan fingerprint density at radius 3 is 2.61 bits per heavy atom. The van der Waals surface area contributed by atoms with Gasteiger partial charge < -0.3 is 9.47 Å². The number of hydrogen-bond acceptors (Lipinski definition) is 6. The highest BCUT2D eigenvalue weighted by atomic mass is 32.2. The molecular weight excluding hydrogens is 480 g/mol. The topological polar surface area (TPSA) is 102 Å². The third-order valence-electron chi connectivity index (χ3n) is 6.35. The van der Waals surface area contributed by atoms with E-state index in [9.17, 15) is 18.0 Å². The molecule has 1 atom stereocenters. The second-order valence-electron chi connectivity index (χ2n) is 8.78. The maximum absolute atomic E-state index is 13.6. The molecule has 1 N–H and O–H groups in total. The van der Waals surface area contributed by atoms with Crippen molar-refractivity contribution in [3.63, 3.8) is 0 Å². The summed E-state index contributed by atoms with van der Waals surface area (Å²) in [5.41, 5.74) is 3.09. The Morgan fingerprint density at radius 2 is 1.78 bits per heavy atom. The number of carbonyl (C=O) groups is 2. The quantitative estimate of drug-likeness (QED) is 0.495. The first-order valence-electron chi connectivity index (χ1n) is 11.8. The Balaban J connectivity index is 1.35. The predicted molar refractivity (Wildman–Crippen MR) is 133 cm³/mol. The molecular formula is C27H26N2O6S. The fraction of sp³-hybridized carbons (Fsp3) is 0.259. The number of amides is 1. The van der Waals surface area contributed by atoms with E-state index in [4.69, 9.17) is 9.47 Å². The molecule has 0 saturated carbocycles. The molecule has 36 heavy (non-hydrogen) atoms. The van der Waals surface area contributed by atoms with Gasteiger partial charge >= 0.3 is 5.97 Å². The number of benzene rings is 3. The number of esters is 1. The average Bonchev–Trinajstić information content (AvgIpc) is 3.33. The van der Waals surface area contributed by atoms with Crippen LogP contribution < -0.4 is 14.4 Å². The van der Waals surface area contributed by atoms with Crippen molar-refractivity contribution in [1.29, 1.82) is 0 Å². The summed E-state index contributed by atoms with van der Waals surface area (Å²) >= 11 is 0. The summed E-state index contributed by atoms with van der Waals surface area (Å²) in [6.45, 7) is 0.277. The molecule has 0 bridgehead atoms. The smallest absolute Gasteiger partial charge is 0.326 e. The van der Waals surface area contributed by atoms with Gasteiger partial charge in [-0.05, 0) is 53.8 Å². The number of nitrogens with one attached hydrogen (secondary N) is 1. The zero-order chi connectivity index (χ0) is 25.1. The molecule has 1 amide bonds. The highest BCUT2D eigenvalue weighted by Gasteiger charge is 2.35. The Hall–Kier alpha value is -3.69. The first-order valence-corrected chi connectivity index (χ1v) is 13.3. The van der Waals surface area contributed by atoms with Gasteiger partial charge in [0.05, 0.1) is 11.5 Å². The molecule has 0 aliphatic carbocycles. The molecule has 0 aromatic heterocycles. The third kappa shape index (κ3) is 5.12. The van der Waals surface area contributed by atoms with Gasteiger partial charge in [0.15, 0.2) is 0 Å². The van der Waals surface area contributed by atoms with Crippen LogP contribution in [0.4, 0.5) is 5.69 Å². The van der Waals surface area contributed by atoms with Crippen LogP contribution in [0.25, 0.3) is 0 Å². The molecule has 0 fully saturated rings. The number of nitrogens with zero attached hydrogens (tertiary/aromatic N) is 1. The van der Waals surface area contributed by atoms with Gasteiger partial charge in [-0.25, -0.2) is 8.42 Å². The summed E-state index contributed by atoms with van der Waals surface area (Å²) in [6.07, 6.45) is 1.37. The Morgan fingerprint density at radius 1 is 1.00 bits per heavy atom. The van der Waals surface area contributed by atoms with Crippen LogP contribution in [-0.4, -0.2) is 39.5 Å². The molecule has 8 nitrogen and oxygen atoms in total. The zero-order valence-corrected chi connectivity index (χ0v) is 20.4. The van der Waals surface area contributed by atoms with Crippen molar-refractivity contribution in [1.82, 2.24) is 4.72 Å². The largest absolute Gasteiger partial charge is 0.493 e. The van der Waals surface area contributed by atoms with Crippen molar-refractivity contribution >= 4 is 27.6 Å². The van der Waals surface area contributed by atoms with Gasteiger partial charge in [-0.2, -0.15) is 4.72 Å². The number of sulfonamides is 1. The lowest BCUT2D eigenvalue weighted by atomic mass is 10.1. The van der Waals surface area contributed by atoms with Crippen LogP contribution in [0.2, 0.25) is 0 Å². The van der Waals surface area contributed by atoms with Crippen molar-refractivity contribution in [2.75, 3.05) is 18.1 Å². The predicted octanol–water partition coefficient (Wildman–Crippen LogP) is 2.99. The van der Waals surface area contributed by atoms with E-state index >= 15 is 0 Å². The highest BCUT2D eigenvalue weighted by Crippen LogP contribution is 2.30. The van der Waals surface area contributed by atoms with E-state index in [1.165, 1.54) is 11.0 Å². The number of fused-ring (bicyclic) bond motifs is 2. The normalized spacial score (nSPS) is 17.1. The molecule has 0 unspecified atom stereocenters. The molecule has 0 saturated heterocycles. The molecule has 0 spiro atoms. The first kappa shape index (κ1) is 24.0. The first-order chi connectivity index (χ1) is 17.4. The average molecular weight is 507 g/mol. The van der Waals surface area contributed by atoms with Crippen LogP contribution in [0.3, 0.4) is 0 Å². The van der Waals surface area contributed by atoms with Crippen molar-refractivity contribution in [3.8, 4) is 5.75 Å². The summed E-state index contributed by atoms with van der Waals surface area (Å²) in [7, 11) is -3.99. The summed E-state index contributed by atoms with van der Waals surface area (Å²) in [6, 6.07) is 20.2. The van der Waals surface area contributed by atoms with Crippen LogP contribution in [0.15, 0.2) is 77.7 Å². The Kier molecular flexibility index (Phi) is 6.75. The fourth-order valence-electron chi connectivity index (χ4n) is 4.49. The summed E-state index contributed by atoms with van der Waals surface area (Å²) < 4.78 is 39.9. The Labute approximate surface area is 209 Å². The van der Waals surface area contributed by atoms with Gasteiger partial charge in [-0.1, -0.05) is 48.5 Å². The zero-order valence-electron chi connectivity index (χ0n) is 19.6. The molecule has 2 aliphatic heterocycles. The lowest BCUT2D eigenvalue weighted by Crippen LogP contribution is -2.49. The number of aryl methyl sites for hydroxylation is 1. The lowest BCUT2D eigenvalue weighted by Gasteiger charge is -2.25. The van der Waals surface area contributed by atoms with Crippen LogP contribution in [0, 0.1) is 0 Å². The maximum atomic E-state index is 13.6. The standard InChI is InChI=1S/C27H26N2O6S/c30-26(35-18-19-6-2-1-3-7-19)17-29-24-9-5-4-8-20(24)10-12-23(27(29)31)28-36(32,33)22-11-13-25-21(16-22)14-15-34-25/h1-9,11,13,16,23,28H,10,12,14-15,17-18H2/t23-/m0/s1. The number of ether oxygens (including phenoxy) is 2.